The first-order chi connectivity index (χ1) is 9.56. The Bertz CT molecular complexity index is 475. The Balaban J connectivity index is 1.92. The van der Waals surface area contributed by atoms with Crippen LogP contribution < -0.4 is 10.6 Å². The summed E-state index contributed by atoms with van der Waals surface area (Å²) in [7, 11) is 0. The maximum Gasteiger partial charge on any atom is 0.238 e. The van der Waals surface area contributed by atoms with Crippen LogP contribution in [0.4, 0.5) is 5.69 Å². The van der Waals surface area contributed by atoms with Crippen LogP contribution in [0.1, 0.15) is 26.7 Å². The van der Waals surface area contributed by atoms with Crippen molar-refractivity contribution in [2.75, 3.05) is 18.4 Å². The van der Waals surface area contributed by atoms with Gasteiger partial charge in [-0.1, -0.05) is 31.5 Å². The molecule has 0 radical (unpaired) electrons. The second kappa shape index (κ2) is 7.34. The Morgan fingerprint density at radius 2 is 2.20 bits per heavy atom. The number of anilines is 1. The molecule has 0 atom stereocenters. The van der Waals surface area contributed by atoms with E-state index in [1.165, 1.54) is 12.8 Å². The Hall–Kier alpha value is -0.710. The van der Waals surface area contributed by atoms with Crippen molar-refractivity contribution >= 4 is 35.0 Å². The summed E-state index contributed by atoms with van der Waals surface area (Å²) in [6.45, 7) is 5.51. The van der Waals surface area contributed by atoms with E-state index in [-0.39, 0.29) is 5.91 Å². The summed E-state index contributed by atoms with van der Waals surface area (Å²) in [5.74, 6) is 0.763. The van der Waals surface area contributed by atoms with Crippen LogP contribution in [0.25, 0.3) is 0 Å². The highest BCUT2D eigenvalue weighted by Crippen LogP contribution is 2.36. The molecule has 1 amide bonds. The molecule has 0 aromatic heterocycles. The molecule has 20 heavy (non-hydrogen) atoms. The van der Waals surface area contributed by atoms with E-state index >= 15 is 0 Å². The zero-order valence-electron chi connectivity index (χ0n) is 11.9. The number of carbonyl (C=O) groups excluding carboxylic acids is 1. The zero-order valence-corrected chi connectivity index (χ0v) is 13.5. The quantitative estimate of drug-likeness (QED) is 0.753. The summed E-state index contributed by atoms with van der Waals surface area (Å²) in [5, 5.41) is 7.24. The number of rotatable bonds is 7. The van der Waals surface area contributed by atoms with E-state index in [2.05, 4.69) is 24.5 Å². The van der Waals surface area contributed by atoms with Crippen LogP contribution in [0.15, 0.2) is 23.1 Å². The molecule has 1 aliphatic rings. The molecule has 0 aliphatic heterocycles. The SMILES string of the molecule is CC(C)Sc1c(Cl)cccc1NC(=O)CNCC1CC1. The molecular weight excluding hydrogens is 292 g/mol. The van der Waals surface area contributed by atoms with Gasteiger partial charge in [0.2, 0.25) is 5.91 Å². The number of amides is 1. The van der Waals surface area contributed by atoms with Gasteiger partial charge in [0.15, 0.2) is 0 Å². The maximum atomic E-state index is 11.9. The molecule has 1 fully saturated rings. The van der Waals surface area contributed by atoms with Gasteiger partial charge in [0.05, 0.1) is 17.3 Å². The fraction of sp³-hybridized carbons (Fsp3) is 0.533. The molecule has 0 saturated heterocycles. The molecule has 1 aliphatic carbocycles. The van der Waals surface area contributed by atoms with Gasteiger partial charge in [0, 0.05) is 10.1 Å². The molecule has 0 bridgehead atoms. The third-order valence-electron chi connectivity index (χ3n) is 3.01. The van der Waals surface area contributed by atoms with Crippen LogP contribution in [-0.4, -0.2) is 24.2 Å². The monoisotopic (exact) mass is 312 g/mol. The minimum absolute atomic E-state index is 0.0153. The molecule has 2 N–H and O–H groups in total. The highest BCUT2D eigenvalue weighted by atomic mass is 35.5. The lowest BCUT2D eigenvalue weighted by atomic mass is 10.3. The minimum atomic E-state index is -0.0153. The molecule has 110 valence electrons. The topological polar surface area (TPSA) is 41.1 Å². The van der Waals surface area contributed by atoms with E-state index in [9.17, 15) is 4.79 Å². The van der Waals surface area contributed by atoms with Gasteiger partial charge < -0.3 is 10.6 Å². The Labute approximate surface area is 129 Å². The van der Waals surface area contributed by atoms with E-state index in [0.29, 0.717) is 16.8 Å². The average Bonchev–Trinajstić information content (AvgIpc) is 3.17. The van der Waals surface area contributed by atoms with Crippen molar-refractivity contribution in [2.24, 2.45) is 5.92 Å². The third kappa shape index (κ3) is 5.00. The predicted octanol–water partition coefficient (Wildman–Crippen LogP) is 3.78. The number of nitrogens with one attached hydrogen (secondary N) is 2. The standard InChI is InChI=1S/C15H21ClN2OS/c1-10(2)20-15-12(16)4-3-5-13(15)18-14(19)9-17-8-11-6-7-11/h3-5,10-11,17H,6-9H2,1-2H3,(H,18,19). The summed E-state index contributed by atoms with van der Waals surface area (Å²) in [5.41, 5.74) is 0.800. The second-order valence-corrected chi connectivity index (χ2v) is 7.40. The second-order valence-electron chi connectivity index (χ2n) is 5.41. The summed E-state index contributed by atoms with van der Waals surface area (Å²) < 4.78 is 0. The van der Waals surface area contributed by atoms with Crippen LogP contribution in [0, 0.1) is 5.92 Å². The largest absolute Gasteiger partial charge is 0.324 e. The Morgan fingerprint density at radius 1 is 1.45 bits per heavy atom. The van der Waals surface area contributed by atoms with Crippen molar-refractivity contribution in [1.29, 1.82) is 0 Å². The van der Waals surface area contributed by atoms with Crippen LogP contribution in [0.5, 0.6) is 0 Å². The number of hydrogen-bond acceptors (Lipinski definition) is 3. The number of halogens is 1. The molecule has 2 rings (SSSR count). The molecule has 0 heterocycles. The third-order valence-corrected chi connectivity index (χ3v) is 4.58. The maximum absolute atomic E-state index is 11.9. The molecule has 0 spiro atoms. The van der Waals surface area contributed by atoms with Crippen LogP contribution >= 0.6 is 23.4 Å². The van der Waals surface area contributed by atoms with E-state index in [1.54, 1.807) is 11.8 Å². The van der Waals surface area contributed by atoms with Crippen molar-refractivity contribution in [3.8, 4) is 0 Å². The lowest BCUT2D eigenvalue weighted by Gasteiger charge is -2.14. The Morgan fingerprint density at radius 3 is 2.85 bits per heavy atom. The smallest absolute Gasteiger partial charge is 0.238 e. The number of benzene rings is 1. The molecular formula is C15H21ClN2OS. The zero-order chi connectivity index (χ0) is 14.5. The molecule has 0 unspecified atom stereocenters. The van der Waals surface area contributed by atoms with E-state index in [1.807, 2.05) is 18.2 Å². The minimum Gasteiger partial charge on any atom is -0.324 e. The Kier molecular flexibility index (Phi) is 5.75. The molecule has 3 nitrogen and oxygen atoms in total. The van der Waals surface area contributed by atoms with Gasteiger partial charge in [-0.05, 0) is 37.4 Å². The number of thioether (sulfide) groups is 1. The molecule has 1 aromatic carbocycles. The summed E-state index contributed by atoms with van der Waals surface area (Å²) in [4.78, 5) is 12.9. The van der Waals surface area contributed by atoms with Crippen molar-refractivity contribution in [1.82, 2.24) is 5.32 Å². The summed E-state index contributed by atoms with van der Waals surface area (Å²) in [6.07, 6.45) is 2.58. The normalized spacial score (nSPS) is 14.6. The van der Waals surface area contributed by atoms with E-state index in [0.717, 1.165) is 23.0 Å². The van der Waals surface area contributed by atoms with Crippen molar-refractivity contribution < 1.29 is 4.79 Å². The van der Waals surface area contributed by atoms with E-state index < -0.39 is 0 Å². The van der Waals surface area contributed by atoms with Gasteiger partial charge in [0.25, 0.3) is 0 Å². The number of carbonyl (C=O) groups is 1. The first-order valence-electron chi connectivity index (χ1n) is 7.02. The van der Waals surface area contributed by atoms with Crippen LogP contribution in [0.3, 0.4) is 0 Å². The van der Waals surface area contributed by atoms with Crippen molar-refractivity contribution in [3.05, 3.63) is 23.2 Å². The lowest BCUT2D eigenvalue weighted by Crippen LogP contribution is -2.29. The van der Waals surface area contributed by atoms with Crippen molar-refractivity contribution in [3.63, 3.8) is 0 Å². The van der Waals surface area contributed by atoms with Gasteiger partial charge in [-0.2, -0.15) is 0 Å². The van der Waals surface area contributed by atoms with Gasteiger partial charge in [-0.3, -0.25) is 4.79 Å². The number of hydrogen-bond donors (Lipinski definition) is 2. The van der Waals surface area contributed by atoms with Gasteiger partial charge in [-0.25, -0.2) is 0 Å². The van der Waals surface area contributed by atoms with Gasteiger partial charge in [0.1, 0.15) is 0 Å². The highest BCUT2D eigenvalue weighted by Gasteiger charge is 2.20. The summed E-state index contributed by atoms with van der Waals surface area (Å²) in [6, 6.07) is 5.61. The van der Waals surface area contributed by atoms with Gasteiger partial charge in [-0.15, -0.1) is 11.8 Å². The van der Waals surface area contributed by atoms with Gasteiger partial charge >= 0.3 is 0 Å². The van der Waals surface area contributed by atoms with Crippen molar-refractivity contribution in [2.45, 2.75) is 36.8 Å². The fourth-order valence-corrected chi connectivity index (χ4v) is 3.08. The molecule has 1 saturated carbocycles. The van der Waals surface area contributed by atoms with Crippen LogP contribution in [-0.2, 0) is 4.79 Å². The average molecular weight is 313 g/mol. The van der Waals surface area contributed by atoms with E-state index in [4.69, 9.17) is 11.6 Å². The lowest BCUT2D eigenvalue weighted by molar-refractivity contribution is -0.115. The highest BCUT2D eigenvalue weighted by molar-refractivity contribution is 8.00. The summed E-state index contributed by atoms with van der Waals surface area (Å²) >= 11 is 7.89. The van der Waals surface area contributed by atoms with Crippen LogP contribution in [0.2, 0.25) is 5.02 Å². The first-order valence-corrected chi connectivity index (χ1v) is 8.27. The fourth-order valence-electron chi connectivity index (χ4n) is 1.87. The molecule has 1 aromatic rings. The molecule has 5 heteroatoms. The predicted molar refractivity (Wildman–Crippen MR) is 86.7 cm³/mol. The first kappa shape index (κ1) is 15.7.